The molecule has 0 aliphatic rings. The lowest BCUT2D eigenvalue weighted by Crippen LogP contribution is -2.21. The fourth-order valence-corrected chi connectivity index (χ4v) is 2.94. The Balaban J connectivity index is 1.74. The van der Waals surface area contributed by atoms with Crippen LogP contribution in [-0.2, 0) is 9.53 Å². The van der Waals surface area contributed by atoms with E-state index in [1.807, 2.05) is 45.0 Å². The molecule has 6 heteroatoms. The molecule has 0 aliphatic carbocycles. The van der Waals surface area contributed by atoms with E-state index < -0.39 is 11.9 Å². The molecule has 3 rings (SSSR count). The normalized spacial score (nSPS) is 10.7. The first-order valence-corrected chi connectivity index (χ1v) is 8.83. The monoisotopic (exact) mass is 382 g/mol. The Morgan fingerprint density at radius 3 is 2.59 bits per heavy atom. The largest absolute Gasteiger partial charge is 0.452 e. The van der Waals surface area contributed by atoms with Crippen molar-refractivity contribution in [3.8, 4) is 0 Å². The third-order valence-electron chi connectivity index (χ3n) is 4.37. The molecule has 1 N–H and O–H groups in total. The SMILES string of the molecule is Cc1ccc(NC(=O)COC(=O)c2c(C)c(C)nc3ccccc23)cc1Cl. The Kier molecular flexibility index (Phi) is 5.42. The van der Waals surface area contributed by atoms with Crippen molar-refractivity contribution in [3.05, 3.63) is 69.9 Å². The molecule has 0 fully saturated rings. The van der Waals surface area contributed by atoms with Gasteiger partial charge in [0.15, 0.2) is 6.61 Å². The molecule has 0 saturated carbocycles. The van der Waals surface area contributed by atoms with Crippen LogP contribution in [0.3, 0.4) is 0 Å². The van der Waals surface area contributed by atoms with E-state index in [4.69, 9.17) is 16.3 Å². The van der Waals surface area contributed by atoms with Gasteiger partial charge in [0.25, 0.3) is 5.91 Å². The molecule has 1 aromatic heterocycles. The van der Waals surface area contributed by atoms with Gasteiger partial charge in [-0.15, -0.1) is 0 Å². The van der Waals surface area contributed by atoms with Crippen LogP contribution in [0.15, 0.2) is 42.5 Å². The maximum atomic E-state index is 12.6. The average molecular weight is 383 g/mol. The average Bonchev–Trinajstić information content (AvgIpc) is 2.64. The summed E-state index contributed by atoms with van der Waals surface area (Å²) in [4.78, 5) is 29.2. The Hall–Kier alpha value is -2.92. The third kappa shape index (κ3) is 4.09. The number of hydrogen-bond donors (Lipinski definition) is 1. The van der Waals surface area contributed by atoms with Gasteiger partial charge in [0.2, 0.25) is 0 Å². The fourth-order valence-electron chi connectivity index (χ4n) is 2.76. The highest BCUT2D eigenvalue weighted by Gasteiger charge is 2.18. The number of fused-ring (bicyclic) bond motifs is 1. The van der Waals surface area contributed by atoms with Crippen LogP contribution in [0, 0.1) is 20.8 Å². The smallest absolute Gasteiger partial charge is 0.339 e. The molecule has 0 aliphatic heterocycles. The number of benzene rings is 2. The summed E-state index contributed by atoms with van der Waals surface area (Å²) >= 11 is 6.05. The lowest BCUT2D eigenvalue weighted by Gasteiger charge is -2.12. The van der Waals surface area contributed by atoms with Crippen LogP contribution in [0.4, 0.5) is 5.69 Å². The summed E-state index contributed by atoms with van der Waals surface area (Å²) in [5, 5.41) is 3.93. The highest BCUT2D eigenvalue weighted by atomic mass is 35.5. The number of aromatic nitrogens is 1. The number of nitrogens with zero attached hydrogens (tertiary/aromatic N) is 1. The zero-order valence-electron chi connectivity index (χ0n) is 15.3. The van der Waals surface area contributed by atoms with E-state index in [-0.39, 0.29) is 6.61 Å². The predicted octanol–water partition coefficient (Wildman–Crippen LogP) is 4.61. The summed E-state index contributed by atoms with van der Waals surface area (Å²) in [7, 11) is 0. The lowest BCUT2D eigenvalue weighted by molar-refractivity contribution is -0.119. The van der Waals surface area contributed by atoms with E-state index in [1.54, 1.807) is 18.2 Å². The molecule has 0 bridgehead atoms. The highest BCUT2D eigenvalue weighted by Crippen LogP contribution is 2.24. The van der Waals surface area contributed by atoms with Gasteiger partial charge in [0, 0.05) is 21.8 Å². The van der Waals surface area contributed by atoms with E-state index in [2.05, 4.69) is 10.3 Å². The van der Waals surface area contributed by atoms with E-state index in [1.165, 1.54) is 0 Å². The van der Waals surface area contributed by atoms with Crippen LogP contribution in [0.2, 0.25) is 5.02 Å². The number of pyridine rings is 1. The zero-order chi connectivity index (χ0) is 19.6. The number of para-hydroxylation sites is 1. The van der Waals surface area contributed by atoms with Crippen molar-refractivity contribution in [1.29, 1.82) is 0 Å². The van der Waals surface area contributed by atoms with Gasteiger partial charge in [-0.1, -0.05) is 35.9 Å². The topological polar surface area (TPSA) is 68.3 Å². The van der Waals surface area contributed by atoms with Crippen molar-refractivity contribution < 1.29 is 14.3 Å². The lowest BCUT2D eigenvalue weighted by atomic mass is 10.0. The summed E-state index contributed by atoms with van der Waals surface area (Å²) in [5.41, 5.74) is 4.10. The first-order chi connectivity index (χ1) is 12.9. The first-order valence-electron chi connectivity index (χ1n) is 8.46. The third-order valence-corrected chi connectivity index (χ3v) is 4.78. The molecule has 27 heavy (non-hydrogen) atoms. The van der Waals surface area contributed by atoms with Crippen LogP contribution in [0.25, 0.3) is 10.9 Å². The molecule has 138 valence electrons. The van der Waals surface area contributed by atoms with E-state index in [0.717, 1.165) is 16.8 Å². The van der Waals surface area contributed by atoms with E-state index in [0.29, 0.717) is 27.2 Å². The van der Waals surface area contributed by atoms with E-state index in [9.17, 15) is 9.59 Å². The molecule has 0 atom stereocenters. The molecular formula is C21H19ClN2O3. The molecule has 1 heterocycles. The molecule has 1 amide bonds. The van der Waals surface area contributed by atoms with Crippen LogP contribution in [-0.4, -0.2) is 23.5 Å². The van der Waals surface area contributed by atoms with E-state index >= 15 is 0 Å². The van der Waals surface area contributed by atoms with Gasteiger partial charge >= 0.3 is 5.97 Å². The highest BCUT2D eigenvalue weighted by molar-refractivity contribution is 6.31. The minimum Gasteiger partial charge on any atom is -0.452 e. The van der Waals surface area contributed by atoms with Crippen molar-refractivity contribution in [1.82, 2.24) is 4.98 Å². The number of carbonyl (C=O) groups excluding carboxylic acids is 2. The maximum absolute atomic E-state index is 12.6. The maximum Gasteiger partial charge on any atom is 0.339 e. The number of halogens is 1. The van der Waals surface area contributed by atoms with Gasteiger partial charge in [0.1, 0.15) is 0 Å². The van der Waals surface area contributed by atoms with Crippen LogP contribution in [0.1, 0.15) is 27.2 Å². The van der Waals surface area contributed by atoms with Gasteiger partial charge in [-0.25, -0.2) is 4.79 Å². The quantitative estimate of drug-likeness (QED) is 0.669. The molecule has 0 radical (unpaired) electrons. The number of aryl methyl sites for hydroxylation is 2. The number of nitrogens with one attached hydrogen (secondary N) is 1. The Labute approximate surface area is 162 Å². The number of anilines is 1. The Morgan fingerprint density at radius 1 is 1.11 bits per heavy atom. The number of rotatable bonds is 4. The fraction of sp³-hybridized carbons (Fsp3) is 0.190. The van der Waals surface area contributed by atoms with Crippen LogP contribution < -0.4 is 5.32 Å². The summed E-state index contributed by atoms with van der Waals surface area (Å²) in [5.74, 6) is -0.984. The molecule has 0 saturated heterocycles. The molecule has 3 aromatic rings. The number of ether oxygens (including phenoxy) is 1. The zero-order valence-corrected chi connectivity index (χ0v) is 16.1. The second-order valence-corrected chi connectivity index (χ2v) is 6.71. The number of esters is 1. The van der Waals surface area contributed by atoms with Crippen molar-refractivity contribution in [2.45, 2.75) is 20.8 Å². The van der Waals surface area contributed by atoms with Gasteiger partial charge in [-0.3, -0.25) is 9.78 Å². The second kappa shape index (κ2) is 7.76. The van der Waals surface area contributed by atoms with Crippen molar-refractivity contribution in [2.24, 2.45) is 0 Å². The minimum atomic E-state index is -0.550. The number of amides is 1. The minimum absolute atomic E-state index is 0.389. The number of hydrogen-bond acceptors (Lipinski definition) is 4. The molecular weight excluding hydrogens is 364 g/mol. The summed E-state index contributed by atoms with van der Waals surface area (Å²) in [6.45, 7) is 5.14. The molecule has 0 spiro atoms. The predicted molar refractivity (Wildman–Crippen MR) is 106 cm³/mol. The summed E-state index contributed by atoms with van der Waals surface area (Å²) < 4.78 is 5.25. The van der Waals surface area contributed by atoms with Gasteiger partial charge in [-0.2, -0.15) is 0 Å². The Morgan fingerprint density at radius 2 is 1.85 bits per heavy atom. The standard InChI is InChI=1S/C21H19ClN2O3/c1-12-8-9-15(10-17(12)22)24-19(25)11-27-21(26)20-13(2)14(3)23-18-7-5-4-6-16(18)20/h4-10H,11H2,1-3H3,(H,24,25). The Bertz CT molecular complexity index is 1050. The second-order valence-electron chi connectivity index (χ2n) is 6.30. The van der Waals surface area contributed by atoms with Crippen molar-refractivity contribution in [2.75, 3.05) is 11.9 Å². The van der Waals surface area contributed by atoms with Gasteiger partial charge in [0.05, 0.1) is 11.1 Å². The molecule has 2 aromatic carbocycles. The van der Waals surface area contributed by atoms with Crippen LogP contribution >= 0.6 is 11.6 Å². The number of carbonyl (C=O) groups is 2. The summed E-state index contributed by atoms with van der Waals surface area (Å²) in [6.07, 6.45) is 0. The van der Waals surface area contributed by atoms with Gasteiger partial charge < -0.3 is 10.1 Å². The molecule has 5 nitrogen and oxygen atoms in total. The van der Waals surface area contributed by atoms with Crippen molar-refractivity contribution >= 4 is 40.1 Å². The summed E-state index contributed by atoms with van der Waals surface area (Å²) in [6, 6.07) is 12.6. The first kappa shape index (κ1) is 18.9. The van der Waals surface area contributed by atoms with Crippen LogP contribution in [0.5, 0.6) is 0 Å². The van der Waals surface area contributed by atoms with Crippen molar-refractivity contribution in [3.63, 3.8) is 0 Å². The van der Waals surface area contributed by atoms with Gasteiger partial charge in [-0.05, 0) is 50.1 Å². The molecule has 0 unspecified atom stereocenters.